The lowest BCUT2D eigenvalue weighted by Crippen LogP contribution is -2.27. The quantitative estimate of drug-likeness (QED) is 0.772. The first-order valence-corrected chi connectivity index (χ1v) is 5.61. The van der Waals surface area contributed by atoms with Crippen LogP contribution < -0.4 is 5.32 Å². The largest absolute Gasteiger partial charge is 0.352 e. The smallest absolute Gasteiger partial charge is 0.246 e. The van der Waals surface area contributed by atoms with Crippen LogP contribution in [0.15, 0.2) is 35.9 Å². The molecule has 1 N–H and O–H groups in total. The van der Waals surface area contributed by atoms with Crippen molar-refractivity contribution >= 4 is 12.0 Å². The van der Waals surface area contributed by atoms with Gasteiger partial charge in [0.2, 0.25) is 5.91 Å². The number of benzene rings is 1. The maximum absolute atomic E-state index is 11.7. The van der Waals surface area contributed by atoms with Gasteiger partial charge >= 0.3 is 0 Å². The Hall–Kier alpha value is -1.57. The molecule has 0 aliphatic heterocycles. The summed E-state index contributed by atoms with van der Waals surface area (Å²) in [6.45, 7) is 6.72. The lowest BCUT2D eigenvalue weighted by Gasteiger charge is -2.07. The molecule has 0 aromatic heterocycles. The molecular weight excluding hydrogens is 198 g/mol. The summed E-state index contributed by atoms with van der Waals surface area (Å²) in [6.07, 6.45) is 1.90. The molecule has 0 spiro atoms. The van der Waals surface area contributed by atoms with Crippen molar-refractivity contribution < 1.29 is 4.79 Å². The van der Waals surface area contributed by atoms with E-state index < -0.39 is 0 Å². The van der Waals surface area contributed by atoms with Crippen molar-refractivity contribution in [2.75, 3.05) is 6.54 Å². The van der Waals surface area contributed by atoms with Crippen molar-refractivity contribution in [2.45, 2.75) is 20.8 Å². The Bertz CT molecular complexity index is 366. The average Bonchev–Trinajstić information content (AvgIpc) is 2.27. The van der Waals surface area contributed by atoms with Crippen molar-refractivity contribution in [3.05, 3.63) is 41.5 Å². The molecule has 1 amide bonds. The minimum absolute atomic E-state index is 0.0116. The van der Waals surface area contributed by atoms with Gasteiger partial charge in [-0.3, -0.25) is 4.79 Å². The van der Waals surface area contributed by atoms with E-state index in [9.17, 15) is 4.79 Å². The molecule has 0 fully saturated rings. The zero-order valence-electron chi connectivity index (χ0n) is 10.2. The van der Waals surface area contributed by atoms with Gasteiger partial charge in [-0.15, -0.1) is 0 Å². The molecule has 16 heavy (non-hydrogen) atoms. The fourth-order valence-corrected chi connectivity index (χ4v) is 1.30. The second-order valence-corrected chi connectivity index (χ2v) is 4.34. The van der Waals surface area contributed by atoms with Crippen molar-refractivity contribution in [3.63, 3.8) is 0 Å². The number of hydrogen-bond donors (Lipinski definition) is 1. The highest BCUT2D eigenvalue weighted by Gasteiger charge is 2.04. The molecule has 0 saturated heterocycles. The Kier molecular flexibility index (Phi) is 4.77. The molecule has 0 bridgehead atoms. The maximum atomic E-state index is 11.7. The SMILES string of the molecule is CC(=Cc1ccccc1)C(=O)NCC(C)C. The Morgan fingerprint density at radius 1 is 1.31 bits per heavy atom. The highest BCUT2D eigenvalue weighted by Crippen LogP contribution is 2.06. The van der Waals surface area contributed by atoms with Gasteiger partial charge in [0.05, 0.1) is 0 Å². The van der Waals surface area contributed by atoms with E-state index in [1.165, 1.54) is 0 Å². The van der Waals surface area contributed by atoms with Gasteiger partial charge in [-0.1, -0.05) is 44.2 Å². The van der Waals surface area contributed by atoms with Crippen molar-refractivity contribution in [2.24, 2.45) is 5.92 Å². The molecule has 0 heterocycles. The molecule has 1 aromatic carbocycles. The summed E-state index contributed by atoms with van der Waals surface area (Å²) < 4.78 is 0. The van der Waals surface area contributed by atoms with Crippen LogP contribution in [0, 0.1) is 5.92 Å². The van der Waals surface area contributed by atoms with Crippen LogP contribution in [0.3, 0.4) is 0 Å². The Morgan fingerprint density at radius 3 is 2.50 bits per heavy atom. The highest BCUT2D eigenvalue weighted by molar-refractivity contribution is 5.97. The van der Waals surface area contributed by atoms with Gasteiger partial charge in [0.25, 0.3) is 0 Å². The third kappa shape index (κ3) is 4.30. The van der Waals surface area contributed by atoms with Crippen LogP contribution in [0.25, 0.3) is 6.08 Å². The van der Waals surface area contributed by atoms with Gasteiger partial charge < -0.3 is 5.32 Å². The predicted octanol–water partition coefficient (Wildman–Crippen LogP) is 2.86. The molecule has 0 saturated carbocycles. The lowest BCUT2D eigenvalue weighted by molar-refractivity contribution is -0.117. The van der Waals surface area contributed by atoms with Crippen LogP contribution in [-0.2, 0) is 4.79 Å². The normalized spacial score (nSPS) is 11.6. The Balaban J connectivity index is 2.60. The van der Waals surface area contributed by atoms with Gasteiger partial charge in [-0.05, 0) is 24.5 Å². The molecule has 1 aromatic rings. The first-order valence-electron chi connectivity index (χ1n) is 5.61. The Morgan fingerprint density at radius 2 is 1.94 bits per heavy atom. The van der Waals surface area contributed by atoms with Gasteiger partial charge in [0, 0.05) is 12.1 Å². The molecule has 2 heteroatoms. The molecule has 0 aliphatic rings. The molecule has 0 radical (unpaired) electrons. The van der Waals surface area contributed by atoms with E-state index >= 15 is 0 Å². The van der Waals surface area contributed by atoms with Crippen molar-refractivity contribution in [1.82, 2.24) is 5.32 Å². The summed E-state index contributed by atoms with van der Waals surface area (Å²) in [6, 6.07) is 9.86. The van der Waals surface area contributed by atoms with E-state index in [1.807, 2.05) is 43.3 Å². The summed E-state index contributed by atoms with van der Waals surface area (Å²) in [5, 5.41) is 2.89. The van der Waals surface area contributed by atoms with Crippen LogP contribution in [0.1, 0.15) is 26.3 Å². The summed E-state index contributed by atoms with van der Waals surface area (Å²) in [5.74, 6) is 0.492. The van der Waals surface area contributed by atoms with E-state index in [2.05, 4.69) is 19.2 Å². The molecule has 86 valence electrons. The molecule has 0 unspecified atom stereocenters. The monoisotopic (exact) mass is 217 g/mol. The van der Waals surface area contributed by atoms with Crippen LogP contribution >= 0.6 is 0 Å². The number of rotatable bonds is 4. The number of carbonyl (C=O) groups is 1. The van der Waals surface area contributed by atoms with Gasteiger partial charge in [-0.25, -0.2) is 0 Å². The third-order valence-corrected chi connectivity index (χ3v) is 2.21. The minimum Gasteiger partial charge on any atom is -0.352 e. The first kappa shape index (κ1) is 12.5. The molecule has 1 rings (SSSR count). The number of nitrogens with one attached hydrogen (secondary N) is 1. The summed E-state index contributed by atoms with van der Waals surface area (Å²) in [7, 11) is 0. The summed E-state index contributed by atoms with van der Waals surface area (Å²) in [4.78, 5) is 11.7. The van der Waals surface area contributed by atoms with Crippen LogP contribution in [-0.4, -0.2) is 12.5 Å². The van der Waals surface area contributed by atoms with E-state index in [-0.39, 0.29) is 5.91 Å². The summed E-state index contributed by atoms with van der Waals surface area (Å²) >= 11 is 0. The number of amides is 1. The number of hydrogen-bond acceptors (Lipinski definition) is 1. The average molecular weight is 217 g/mol. The summed E-state index contributed by atoms with van der Waals surface area (Å²) in [5.41, 5.74) is 1.80. The molecule has 0 atom stereocenters. The van der Waals surface area contributed by atoms with E-state index in [0.717, 1.165) is 17.7 Å². The van der Waals surface area contributed by atoms with Crippen molar-refractivity contribution in [1.29, 1.82) is 0 Å². The number of carbonyl (C=O) groups excluding carboxylic acids is 1. The minimum atomic E-state index is 0.0116. The van der Waals surface area contributed by atoms with E-state index in [4.69, 9.17) is 0 Å². The fraction of sp³-hybridized carbons (Fsp3) is 0.357. The fourth-order valence-electron chi connectivity index (χ4n) is 1.30. The lowest BCUT2D eigenvalue weighted by atomic mass is 10.1. The van der Waals surface area contributed by atoms with Gasteiger partial charge in [0.15, 0.2) is 0 Å². The third-order valence-electron chi connectivity index (χ3n) is 2.21. The van der Waals surface area contributed by atoms with Crippen LogP contribution in [0.5, 0.6) is 0 Å². The zero-order chi connectivity index (χ0) is 12.0. The van der Waals surface area contributed by atoms with E-state index in [1.54, 1.807) is 0 Å². The molecule has 0 aliphatic carbocycles. The van der Waals surface area contributed by atoms with Gasteiger partial charge in [-0.2, -0.15) is 0 Å². The topological polar surface area (TPSA) is 29.1 Å². The first-order chi connectivity index (χ1) is 7.59. The van der Waals surface area contributed by atoms with Gasteiger partial charge in [0.1, 0.15) is 0 Å². The second-order valence-electron chi connectivity index (χ2n) is 4.34. The predicted molar refractivity (Wildman–Crippen MR) is 67.9 cm³/mol. The standard InChI is InChI=1S/C14H19NO/c1-11(2)10-15-14(16)12(3)9-13-7-5-4-6-8-13/h4-9,11H,10H2,1-3H3,(H,15,16). The van der Waals surface area contributed by atoms with Crippen molar-refractivity contribution in [3.8, 4) is 0 Å². The van der Waals surface area contributed by atoms with E-state index in [0.29, 0.717) is 5.92 Å². The van der Waals surface area contributed by atoms with Crippen LogP contribution in [0.2, 0.25) is 0 Å². The molecule has 2 nitrogen and oxygen atoms in total. The van der Waals surface area contributed by atoms with Crippen LogP contribution in [0.4, 0.5) is 0 Å². The maximum Gasteiger partial charge on any atom is 0.246 e. The second kappa shape index (κ2) is 6.11. The highest BCUT2D eigenvalue weighted by atomic mass is 16.1. The zero-order valence-corrected chi connectivity index (χ0v) is 10.2. The molecular formula is C14H19NO. The Labute approximate surface area is 97.4 Å².